The molecule has 0 fully saturated rings. The van der Waals surface area contributed by atoms with E-state index in [1.807, 2.05) is 79.7 Å². The number of carbonyl (C=O) groups is 1. The minimum Gasteiger partial charge on any atom is -0.481 e. The third-order valence-corrected chi connectivity index (χ3v) is 16.6. The molecule has 16 nitrogen and oxygen atoms in total. The van der Waals surface area contributed by atoms with Gasteiger partial charge in [0, 0.05) is 47.5 Å². The molecule has 0 radical (unpaired) electrons. The smallest absolute Gasteiger partial charge is 0.306 e. The van der Waals surface area contributed by atoms with Crippen LogP contribution in [0.4, 0.5) is 11.4 Å². The average molecular weight is 1030 g/mol. The lowest BCUT2D eigenvalue weighted by Gasteiger charge is -2.28. The predicted molar refractivity (Wildman–Crippen MR) is 265 cm³/mol. The molecule has 3 aromatic carbocycles. The maximum Gasteiger partial charge on any atom is 0.306 e. The Hall–Kier alpha value is -4.80. The molecule has 374 valence electrons. The van der Waals surface area contributed by atoms with Crippen LogP contribution < -0.4 is 4.90 Å². The molecule has 2 aliphatic heterocycles. The largest absolute Gasteiger partial charge is 0.481 e. The lowest BCUT2D eigenvalue weighted by molar-refractivity contribution is -0.438. The number of rotatable bonds is 20. The van der Waals surface area contributed by atoms with Crippen LogP contribution >= 0.6 is 0 Å². The van der Waals surface area contributed by atoms with Gasteiger partial charge in [0.1, 0.15) is 6.54 Å². The maximum atomic E-state index is 12.3. The molecule has 1 aliphatic carbocycles. The van der Waals surface area contributed by atoms with Crippen molar-refractivity contribution in [3.8, 4) is 0 Å². The molecule has 0 saturated carbocycles. The highest BCUT2D eigenvalue weighted by atomic mass is 32.2. The Kier molecular flexibility index (Phi) is 15.9. The number of anilines is 1. The molecule has 0 amide bonds. The van der Waals surface area contributed by atoms with Gasteiger partial charge in [-0.1, -0.05) is 57.2 Å². The third kappa shape index (κ3) is 12.8. The first kappa shape index (κ1) is 53.5. The van der Waals surface area contributed by atoms with Crippen molar-refractivity contribution >= 4 is 69.1 Å². The van der Waals surface area contributed by atoms with E-state index >= 15 is 0 Å². The van der Waals surface area contributed by atoms with Gasteiger partial charge in [0.15, 0.2) is 5.71 Å². The van der Waals surface area contributed by atoms with Gasteiger partial charge in [-0.05, 0) is 135 Å². The lowest BCUT2D eigenvalue weighted by Crippen LogP contribution is -2.28. The fourth-order valence-corrected chi connectivity index (χ4v) is 11.7. The molecule has 2 heterocycles. The highest BCUT2D eigenvalue weighted by Crippen LogP contribution is 2.49. The van der Waals surface area contributed by atoms with Crippen molar-refractivity contribution in [1.82, 2.24) is 0 Å². The van der Waals surface area contributed by atoms with E-state index in [1.54, 1.807) is 19.1 Å². The topological polar surface area (TPSA) is 261 Å². The highest BCUT2D eigenvalue weighted by Gasteiger charge is 2.45. The van der Waals surface area contributed by atoms with Crippen molar-refractivity contribution in [3.63, 3.8) is 0 Å². The molecule has 1 atom stereocenters. The number of hydrogen-bond donors (Lipinski definition) is 5. The number of fused-ring (bicyclic) bond motifs is 2. The zero-order chi connectivity index (χ0) is 50.9. The number of carboxylic acids is 1. The van der Waals surface area contributed by atoms with Crippen molar-refractivity contribution in [2.75, 3.05) is 29.5 Å². The Morgan fingerprint density at radius 1 is 0.739 bits per heavy atom. The summed E-state index contributed by atoms with van der Waals surface area (Å²) in [6.45, 7) is 10.0. The quantitative estimate of drug-likeness (QED) is 0.0405. The Balaban J connectivity index is 1.51. The van der Waals surface area contributed by atoms with Gasteiger partial charge < -0.3 is 10.0 Å². The van der Waals surface area contributed by atoms with Crippen molar-refractivity contribution in [2.24, 2.45) is 5.92 Å². The van der Waals surface area contributed by atoms with Crippen LogP contribution in [-0.2, 0) is 62.5 Å². The second kappa shape index (κ2) is 20.5. The molecule has 5 N–H and O–H groups in total. The van der Waals surface area contributed by atoms with Gasteiger partial charge in [0.25, 0.3) is 40.5 Å². The molecule has 6 rings (SSSR count). The standard InChI is InChI=1S/C49H60N2O14S4/c1-33(47(52)53)16-17-34-12-10-15-37(30-34)46-35(18-24-44-48(2,3)40-31-38(68(60,61)62)20-22-42(40)50(44)26-6-8-28-66(54,55)56)13-11-14-36(46)19-25-45-49(4,5)41-32-39(69(63,64)65)21-23-43(41)51(45)27-7-9-29-67(57,58)59/h10,12,15,18-25,30-33H,6-9,11,13-14,16-17,26-29H2,1-5H3,(H4-,52,53,54,55,56,57,58,59,60,61,62,63,64,65)/p+1. The van der Waals surface area contributed by atoms with E-state index in [0.717, 1.165) is 45.7 Å². The van der Waals surface area contributed by atoms with E-state index in [-0.39, 0.29) is 22.6 Å². The molecule has 1 unspecified atom stereocenters. The SMILES string of the molecule is CC(CCc1cccc(C2=C(C=CC3=[N+](CCCCS(=O)(=O)O)c4ccc(S(=O)(=O)O)cc4C3(C)C)CCCC2=CC=C2N(CCCCS(=O)(=O)O)c3ccc(S(=O)(=O)O)cc3C2(C)C)c1)C(=O)O. The first-order valence-electron chi connectivity index (χ1n) is 22.7. The molecule has 3 aliphatic rings. The lowest BCUT2D eigenvalue weighted by atomic mass is 9.79. The zero-order valence-corrected chi connectivity index (χ0v) is 42.6. The molecule has 0 bridgehead atoms. The summed E-state index contributed by atoms with van der Waals surface area (Å²) >= 11 is 0. The molecule has 69 heavy (non-hydrogen) atoms. The molecule has 0 spiro atoms. The summed E-state index contributed by atoms with van der Waals surface area (Å²) < 4.78 is 136. The minimum atomic E-state index is -4.55. The number of nitrogens with zero attached hydrogens (tertiary/aromatic N) is 2. The summed E-state index contributed by atoms with van der Waals surface area (Å²) in [5, 5.41) is 9.61. The number of benzene rings is 3. The molecule has 20 heteroatoms. The summed E-state index contributed by atoms with van der Waals surface area (Å²) in [5.74, 6) is -2.31. The van der Waals surface area contributed by atoms with Gasteiger partial charge >= 0.3 is 5.97 Å². The van der Waals surface area contributed by atoms with Gasteiger partial charge in [-0.2, -0.15) is 38.2 Å². The van der Waals surface area contributed by atoms with Gasteiger partial charge in [0.05, 0.1) is 32.6 Å². The second-order valence-corrected chi connectivity index (χ2v) is 25.0. The van der Waals surface area contributed by atoms with Gasteiger partial charge in [0.2, 0.25) is 5.69 Å². The summed E-state index contributed by atoms with van der Waals surface area (Å²) in [7, 11) is -17.5. The number of allylic oxidation sites excluding steroid dienone is 8. The molecular formula is C49H61N2O14S4+. The van der Waals surface area contributed by atoms with Crippen LogP contribution in [0.3, 0.4) is 0 Å². The Morgan fingerprint density at radius 3 is 1.99 bits per heavy atom. The highest BCUT2D eigenvalue weighted by molar-refractivity contribution is 7.86. The Labute approximate surface area is 405 Å². The van der Waals surface area contributed by atoms with Gasteiger partial charge in [-0.25, -0.2) is 0 Å². The van der Waals surface area contributed by atoms with Crippen LogP contribution in [0.15, 0.2) is 112 Å². The van der Waals surface area contributed by atoms with E-state index < -0.39 is 74.7 Å². The molecule has 0 saturated heterocycles. The first-order valence-corrected chi connectivity index (χ1v) is 28.8. The van der Waals surface area contributed by atoms with Crippen LogP contribution in [0.2, 0.25) is 0 Å². The van der Waals surface area contributed by atoms with E-state index in [0.29, 0.717) is 74.1 Å². The number of aliphatic carboxylic acids is 1. The van der Waals surface area contributed by atoms with Gasteiger partial charge in [-0.3, -0.25) is 23.0 Å². The first-order chi connectivity index (χ1) is 32.0. The monoisotopic (exact) mass is 1030 g/mol. The number of hydrogen-bond acceptors (Lipinski definition) is 10. The van der Waals surface area contributed by atoms with E-state index in [1.165, 1.54) is 24.3 Å². The number of aryl methyl sites for hydroxylation is 1. The summed E-state index contributed by atoms with van der Waals surface area (Å²) in [6, 6.07) is 16.7. The Bertz CT molecular complexity index is 3150. The number of unbranched alkanes of at least 4 members (excludes halogenated alkanes) is 2. The summed E-state index contributed by atoms with van der Waals surface area (Å²) in [5.41, 5.74) is 7.21. The van der Waals surface area contributed by atoms with Crippen molar-refractivity contribution in [1.29, 1.82) is 0 Å². The van der Waals surface area contributed by atoms with Crippen LogP contribution in [-0.4, -0.2) is 97.8 Å². The van der Waals surface area contributed by atoms with Gasteiger partial charge in [-0.15, -0.1) is 0 Å². The minimum absolute atomic E-state index is 0.164. The third-order valence-electron chi connectivity index (χ3n) is 13.3. The van der Waals surface area contributed by atoms with E-state index in [4.69, 9.17) is 0 Å². The molecule has 0 aromatic heterocycles. The zero-order valence-electron chi connectivity index (χ0n) is 39.3. The van der Waals surface area contributed by atoms with Crippen molar-refractivity contribution in [3.05, 3.63) is 124 Å². The van der Waals surface area contributed by atoms with Crippen LogP contribution in [0.25, 0.3) is 5.57 Å². The molecular weight excluding hydrogens is 969 g/mol. The summed E-state index contributed by atoms with van der Waals surface area (Å²) in [6.07, 6.45) is 12.0. The fourth-order valence-electron chi connectivity index (χ4n) is 9.60. The van der Waals surface area contributed by atoms with E-state index in [9.17, 15) is 61.8 Å². The summed E-state index contributed by atoms with van der Waals surface area (Å²) in [4.78, 5) is 13.2. The van der Waals surface area contributed by atoms with Crippen LogP contribution in [0.1, 0.15) is 108 Å². The predicted octanol–water partition coefficient (Wildman–Crippen LogP) is 8.35. The normalized spacial score (nSPS) is 18.9. The molecule has 3 aromatic rings. The maximum absolute atomic E-state index is 12.3. The Morgan fingerprint density at radius 2 is 1.36 bits per heavy atom. The second-order valence-electron chi connectivity index (χ2n) is 19.0. The van der Waals surface area contributed by atoms with Crippen LogP contribution in [0, 0.1) is 5.92 Å². The van der Waals surface area contributed by atoms with Crippen LogP contribution in [0.5, 0.6) is 0 Å². The average Bonchev–Trinajstić information content (AvgIpc) is 3.59. The van der Waals surface area contributed by atoms with E-state index in [2.05, 4.69) is 6.07 Å². The fraction of sp³-hybridized carbons (Fsp3) is 0.429. The number of carboxylic acid groups (broad SMARTS) is 1. The van der Waals surface area contributed by atoms with Crippen molar-refractivity contribution in [2.45, 2.75) is 113 Å². The van der Waals surface area contributed by atoms with Crippen molar-refractivity contribution < 1.29 is 66.4 Å².